The first kappa shape index (κ1) is 28.9. The summed E-state index contributed by atoms with van der Waals surface area (Å²) >= 11 is 1.86. The van der Waals surface area contributed by atoms with Crippen LogP contribution in [0.3, 0.4) is 0 Å². The van der Waals surface area contributed by atoms with Gasteiger partial charge in [0.2, 0.25) is 0 Å². The zero-order valence-corrected chi connectivity index (χ0v) is 24.1. The molecule has 1 aliphatic carbocycles. The first-order chi connectivity index (χ1) is 17.5. The topological polar surface area (TPSA) is 29.5 Å². The average Bonchev–Trinajstić information content (AvgIpc) is 3.42. The highest BCUT2D eigenvalue weighted by Gasteiger charge is 2.26. The summed E-state index contributed by atoms with van der Waals surface area (Å²) in [6.45, 7) is 11.5. The predicted molar refractivity (Wildman–Crippen MR) is 154 cm³/mol. The summed E-state index contributed by atoms with van der Waals surface area (Å²) in [6, 6.07) is 11.3. The van der Waals surface area contributed by atoms with Gasteiger partial charge in [-0.25, -0.2) is 0 Å². The number of rotatable bonds is 16. The van der Waals surface area contributed by atoms with Crippen molar-refractivity contribution < 1.29 is 9.53 Å². The maximum absolute atomic E-state index is 12.7. The van der Waals surface area contributed by atoms with Crippen molar-refractivity contribution in [3.63, 3.8) is 0 Å². The molecular weight excluding hydrogens is 462 g/mol. The van der Waals surface area contributed by atoms with Crippen LogP contribution in [0.2, 0.25) is 0 Å². The second kappa shape index (κ2) is 15.6. The lowest BCUT2D eigenvalue weighted by Gasteiger charge is -2.35. The van der Waals surface area contributed by atoms with E-state index >= 15 is 0 Å². The lowest BCUT2D eigenvalue weighted by atomic mass is 9.86. The summed E-state index contributed by atoms with van der Waals surface area (Å²) in [5.41, 5.74) is 2.63. The van der Waals surface area contributed by atoms with Gasteiger partial charge in [-0.05, 0) is 92.0 Å². The van der Waals surface area contributed by atoms with Gasteiger partial charge in [-0.15, -0.1) is 11.3 Å². The quantitative estimate of drug-likeness (QED) is 0.167. The first-order valence-electron chi connectivity index (χ1n) is 14.6. The van der Waals surface area contributed by atoms with Crippen molar-refractivity contribution in [2.45, 2.75) is 111 Å². The van der Waals surface area contributed by atoms with Crippen LogP contribution in [0.1, 0.15) is 101 Å². The molecule has 1 aliphatic rings. The minimum Gasteiger partial charge on any atom is -0.426 e. The van der Waals surface area contributed by atoms with Gasteiger partial charge >= 0.3 is 5.97 Å². The highest BCUT2D eigenvalue weighted by Crippen LogP contribution is 2.32. The Morgan fingerprint density at radius 2 is 1.94 bits per heavy atom. The Morgan fingerprint density at radius 3 is 2.67 bits per heavy atom. The molecule has 36 heavy (non-hydrogen) atoms. The maximum atomic E-state index is 12.7. The standard InChI is InChI=1S/C32H49NO2S/c1-5-21-33(22-20-29-13-10-23-36-29)28-18-19-30-27(24-28)12-9-14-31(30)35-32(34)15-8-11-26(7-3)17-16-25(4)6-2/h9-10,12-14,23,25-26,28H,5-8,11,15-22,24H2,1-4H3. The van der Waals surface area contributed by atoms with Gasteiger partial charge in [0.1, 0.15) is 5.75 Å². The Morgan fingerprint density at radius 1 is 1.08 bits per heavy atom. The molecule has 0 saturated heterocycles. The van der Waals surface area contributed by atoms with E-state index in [-0.39, 0.29) is 5.97 Å². The van der Waals surface area contributed by atoms with Crippen molar-refractivity contribution in [1.29, 1.82) is 0 Å². The molecule has 3 rings (SSSR count). The number of hydrogen-bond acceptors (Lipinski definition) is 4. The number of benzene rings is 1. The number of ether oxygens (including phenoxy) is 1. The van der Waals surface area contributed by atoms with Crippen LogP contribution in [0.15, 0.2) is 35.7 Å². The fraction of sp³-hybridized carbons (Fsp3) is 0.656. The number of carbonyl (C=O) groups is 1. The molecule has 4 heteroatoms. The Labute approximate surface area is 224 Å². The van der Waals surface area contributed by atoms with Crippen molar-refractivity contribution >= 4 is 17.3 Å². The van der Waals surface area contributed by atoms with Crippen LogP contribution < -0.4 is 4.74 Å². The van der Waals surface area contributed by atoms with E-state index in [2.05, 4.69) is 62.2 Å². The van der Waals surface area contributed by atoms with E-state index in [9.17, 15) is 4.79 Å². The molecule has 0 N–H and O–H groups in total. The Kier molecular flexibility index (Phi) is 12.5. The molecule has 1 aromatic heterocycles. The number of carbonyl (C=O) groups excluding carboxylic acids is 1. The summed E-state index contributed by atoms with van der Waals surface area (Å²) < 4.78 is 5.93. The van der Waals surface area contributed by atoms with Gasteiger partial charge in [0, 0.05) is 23.9 Å². The molecule has 0 amide bonds. The SMILES string of the molecule is CCCN(CCc1cccs1)C1CCc2c(cccc2OC(=O)CCCC(CC)CCC(C)CC)C1. The highest BCUT2D eigenvalue weighted by molar-refractivity contribution is 7.09. The zero-order chi connectivity index (χ0) is 25.8. The van der Waals surface area contributed by atoms with Gasteiger partial charge in [0.05, 0.1) is 0 Å². The van der Waals surface area contributed by atoms with Crippen LogP contribution in [0.4, 0.5) is 0 Å². The van der Waals surface area contributed by atoms with E-state index in [1.54, 1.807) is 0 Å². The van der Waals surface area contributed by atoms with E-state index < -0.39 is 0 Å². The summed E-state index contributed by atoms with van der Waals surface area (Å²) in [5, 5.41) is 2.18. The molecule has 1 heterocycles. The molecule has 0 fully saturated rings. The van der Waals surface area contributed by atoms with E-state index in [4.69, 9.17) is 4.74 Å². The molecule has 0 bridgehead atoms. The van der Waals surface area contributed by atoms with Gasteiger partial charge in [-0.2, -0.15) is 0 Å². The van der Waals surface area contributed by atoms with Gasteiger partial charge in [0.15, 0.2) is 0 Å². The molecule has 3 atom stereocenters. The first-order valence-corrected chi connectivity index (χ1v) is 15.5. The molecule has 0 aliphatic heterocycles. The van der Waals surface area contributed by atoms with Crippen LogP contribution in [0.25, 0.3) is 0 Å². The van der Waals surface area contributed by atoms with Crippen LogP contribution in [0.5, 0.6) is 5.75 Å². The second-order valence-electron chi connectivity index (χ2n) is 10.9. The third-order valence-corrected chi connectivity index (χ3v) is 9.16. The fourth-order valence-electron chi connectivity index (χ4n) is 5.62. The Balaban J connectivity index is 1.50. The van der Waals surface area contributed by atoms with E-state index in [0.29, 0.717) is 12.5 Å². The summed E-state index contributed by atoms with van der Waals surface area (Å²) in [4.78, 5) is 16.9. The molecule has 0 radical (unpaired) electrons. The van der Waals surface area contributed by atoms with E-state index in [0.717, 1.165) is 69.2 Å². The normalized spacial score (nSPS) is 17.1. The average molecular weight is 512 g/mol. The molecule has 3 unspecified atom stereocenters. The van der Waals surface area contributed by atoms with Crippen molar-refractivity contribution in [1.82, 2.24) is 4.90 Å². The monoisotopic (exact) mass is 511 g/mol. The number of nitrogens with zero attached hydrogens (tertiary/aromatic N) is 1. The van der Waals surface area contributed by atoms with Crippen molar-refractivity contribution in [2.75, 3.05) is 13.1 Å². The lowest BCUT2D eigenvalue weighted by Crippen LogP contribution is -2.41. The second-order valence-corrected chi connectivity index (χ2v) is 11.9. The van der Waals surface area contributed by atoms with Gasteiger partial charge in [0.25, 0.3) is 0 Å². The summed E-state index contributed by atoms with van der Waals surface area (Å²) in [7, 11) is 0. The minimum absolute atomic E-state index is 0.0640. The van der Waals surface area contributed by atoms with Crippen molar-refractivity contribution in [2.24, 2.45) is 11.8 Å². The summed E-state index contributed by atoms with van der Waals surface area (Å²) in [5.74, 6) is 2.29. The predicted octanol–water partition coefficient (Wildman–Crippen LogP) is 8.49. The molecule has 3 nitrogen and oxygen atoms in total. The van der Waals surface area contributed by atoms with E-state index in [1.807, 2.05) is 17.4 Å². The van der Waals surface area contributed by atoms with Gasteiger partial charge in [-0.1, -0.05) is 71.6 Å². The molecule has 2 aromatic rings. The maximum Gasteiger partial charge on any atom is 0.311 e. The van der Waals surface area contributed by atoms with E-state index in [1.165, 1.54) is 48.1 Å². The molecular formula is C32H49NO2S. The fourth-order valence-corrected chi connectivity index (χ4v) is 6.32. The van der Waals surface area contributed by atoms with Crippen LogP contribution in [-0.4, -0.2) is 30.0 Å². The van der Waals surface area contributed by atoms with Crippen molar-refractivity contribution in [3.05, 3.63) is 51.7 Å². The van der Waals surface area contributed by atoms with Crippen LogP contribution in [-0.2, 0) is 24.1 Å². The third kappa shape index (κ3) is 9.03. The number of hydrogen-bond donors (Lipinski definition) is 0. The largest absolute Gasteiger partial charge is 0.426 e. The van der Waals surface area contributed by atoms with Crippen LogP contribution >= 0.6 is 11.3 Å². The Hall–Kier alpha value is -1.65. The molecule has 0 spiro atoms. The Bertz CT molecular complexity index is 894. The summed E-state index contributed by atoms with van der Waals surface area (Å²) in [6.07, 6.45) is 13.2. The van der Waals surface area contributed by atoms with Gasteiger partial charge < -0.3 is 4.74 Å². The van der Waals surface area contributed by atoms with Gasteiger partial charge in [-0.3, -0.25) is 9.69 Å². The molecule has 200 valence electrons. The number of fused-ring (bicyclic) bond motifs is 1. The lowest BCUT2D eigenvalue weighted by molar-refractivity contribution is -0.134. The molecule has 0 saturated carbocycles. The van der Waals surface area contributed by atoms with Crippen LogP contribution in [0, 0.1) is 11.8 Å². The third-order valence-electron chi connectivity index (χ3n) is 8.22. The van der Waals surface area contributed by atoms with Crippen molar-refractivity contribution in [3.8, 4) is 5.75 Å². The smallest absolute Gasteiger partial charge is 0.311 e. The molecule has 1 aromatic carbocycles. The zero-order valence-electron chi connectivity index (χ0n) is 23.3. The minimum atomic E-state index is -0.0640. The number of thiophene rings is 1. The highest BCUT2D eigenvalue weighted by atomic mass is 32.1. The number of esters is 1.